The normalized spacial score (nSPS) is 27.6. The van der Waals surface area contributed by atoms with Gasteiger partial charge in [0.05, 0.1) is 30.1 Å². The number of unbranched alkanes of at least 4 members (excludes halogenated alkanes) is 2. The van der Waals surface area contributed by atoms with E-state index < -0.39 is 12.1 Å². The summed E-state index contributed by atoms with van der Waals surface area (Å²) in [5.41, 5.74) is 3.51. The summed E-state index contributed by atoms with van der Waals surface area (Å²) in [5, 5.41) is 24.5. The first kappa shape index (κ1) is 39.3. The lowest BCUT2D eigenvalue weighted by Gasteiger charge is -2.58. The molecule has 0 bridgehead atoms. The fourth-order valence-corrected chi connectivity index (χ4v) is 10.2. The van der Waals surface area contributed by atoms with Crippen molar-refractivity contribution in [2.75, 3.05) is 26.4 Å². The maximum absolute atomic E-state index is 11.6. The van der Waals surface area contributed by atoms with Crippen LogP contribution < -0.4 is 9.47 Å². The van der Waals surface area contributed by atoms with Crippen LogP contribution in [0, 0.1) is 17.8 Å². The minimum Gasteiger partial charge on any atom is -0.460 e. The SMILES string of the molecule is C=CCO[C@@]12Oc3ccc(Oc4cccc(C=O)c4)cc3[C@H]3[C@H](CCCCO)[C@@H](CCCCO)C=C(C(=NOC4CCCCO4)C[C@@H]1Sc1ccccc1)[C@H]32. The molecule has 2 fully saturated rings. The van der Waals surface area contributed by atoms with E-state index in [-0.39, 0.29) is 42.1 Å². The van der Waals surface area contributed by atoms with Crippen molar-refractivity contribution in [3.05, 3.63) is 108 Å². The van der Waals surface area contributed by atoms with Gasteiger partial charge in [0.1, 0.15) is 23.5 Å². The van der Waals surface area contributed by atoms with E-state index >= 15 is 0 Å². The lowest BCUT2D eigenvalue weighted by atomic mass is 9.56. The number of thioether (sulfide) groups is 1. The maximum atomic E-state index is 11.6. The molecule has 55 heavy (non-hydrogen) atoms. The molecule has 292 valence electrons. The van der Waals surface area contributed by atoms with E-state index in [1.165, 1.54) is 0 Å². The number of ether oxygens (including phenoxy) is 4. The van der Waals surface area contributed by atoms with Crippen LogP contribution in [0.4, 0.5) is 0 Å². The smallest absolute Gasteiger partial charge is 0.231 e. The minimum absolute atomic E-state index is 0.0773. The van der Waals surface area contributed by atoms with Gasteiger partial charge in [-0.15, -0.1) is 18.3 Å². The number of aldehydes is 1. The van der Waals surface area contributed by atoms with Crippen LogP contribution in [0.2, 0.25) is 0 Å². The topological polar surface area (TPSA) is 116 Å². The van der Waals surface area contributed by atoms with Crippen LogP contribution in [0.15, 0.2) is 107 Å². The Kier molecular flexibility index (Phi) is 13.4. The molecule has 4 aliphatic rings. The van der Waals surface area contributed by atoms with E-state index in [4.69, 9.17) is 28.9 Å². The molecule has 9 nitrogen and oxygen atoms in total. The molecule has 10 heteroatoms. The second-order valence-electron chi connectivity index (χ2n) is 14.9. The Hall–Kier alpha value is -3.93. The van der Waals surface area contributed by atoms with Gasteiger partial charge in [0, 0.05) is 48.0 Å². The summed E-state index contributed by atoms with van der Waals surface area (Å²) in [6.07, 6.45) is 12.9. The highest BCUT2D eigenvalue weighted by Crippen LogP contribution is 2.63. The lowest BCUT2D eigenvalue weighted by molar-refractivity contribution is -0.223. The van der Waals surface area contributed by atoms with Crippen molar-refractivity contribution in [2.45, 2.75) is 92.3 Å². The predicted molar refractivity (Wildman–Crippen MR) is 214 cm³/mol. The van der Waals surface area contributed by atoms with Crippen LogP contribution in [0.1, 0.15) is 86.0 Å². The molecule has 0 aromatic heterocycles. The second kappa shape index (κ2) is 18.8. The number of nitrogens with zero attached hydrogens (tertiary/aromatic N) is 1. The zero-order chi connectivity index (χ0) is 38.0. The summed E-state index contributed by atoms with van der Waals surface area (Å²) in [5.74, 6) is 0.836. The van der Waals surface area contributed by atoms with Gasteiger partial charge in [-0.3, -0.25) is 4.79 Å². The summed E-state index contributed by atoms with van der Waals surface area (Å²) >= 11 is 1.73. The number of fused-ring (bicyclic) bond motifs is 2. The number of hydrogen-bond donors (Lipinski definition) is 2. The molecule has 2 aliphatic heterocycles. The van der Waals surface area contributed by atoms with Crippen molar-refractivity contribution in [2.24, 2.45) is 22.9 Å². The fourth-order valence-electron chi connectivity index (χ4n) is 8.86. The lowest BCUT2D eigenvalue weighted by Crippen LogP contribution is -2.64. The van der Waals surface area contributed by atoms with Gasteiger partial charge in [-0.05, 0) is 98.4 Å². The molecule has 1 saturated carbocycles. The molecule has 0 amide bonds. The molecule has 0 radical (unpaired) electrons. The predicted octanol–water partition coefficient (Wildman–Crippen LogP) is 9.24. The number of carbonyl (C=O) groups excluding carboxylic acids is 1. The van der Waals surface area contributed by atoms with Crippen molar-refractivity contribution in [1.29, 1.82) is 0 Å². The number of rotatable bonds is 18. The van der Waals surface area contributed by atoms with Gasteiger partial charge in [-0.1, -0.05) is 60.5 Å². The Balaban J connectivity index is 1.40. The van der Waals surface area contributed by atoms with E-state index in [9.17, 15) is 15.0 Å². The first-order valence-electron chi connectivity index (χ1n) is 19.9. The van der Waals surface area contributed by atoms with Crippen LogP contribution in [-0.4, -0.2) is 66.0 Å². The number of oxime groups is 1. The van der Waals surface area contributed by atoms with Crippen LogP contribution >= 0.6 is 11.8 Å². The average Bonchev–Trinajstić information content (AvgIpc) is 3.22. The summed E-state index contributed by atoms with van der Waals surface area (Å²) in [4.78, 5) is 18.9. The van der Waals surface area contributed by atoms with E-state index in [0.717, 1.165) is 85.1 Å². The highest BCUT2D eigenvalue weighted by atomic mass is 32.2. The summed E-state index contributed by atoms with van der Waals surface area (Å²) in [6.45, 7) is 5.27. The number of aliphatic hydroxyl groups is 2. The molecule has 1 unspecified atom stereocenters. The van der Waals surface area contributed by atoms with Crippen molar-refractivity contribution >= 4 is 23.8 Å². The van der Waals surface area contributed by atoms with Gasteiger partial charge in [0.2, 0.25) is 12.1 Å². The summed E-state index contributed by atoms with van der Waals surface area (Å²) in [6, 6.07) is 23.5. The highest BCUT2D eigenvalue weighted by molar-refractivity contribution is 8.00. The van der Waals surface area contributed by atoms with Crippen LogP contribution in [0.5, 0.6) is 17.2 Å². The van der Waals surface area contributed by atoms with Crippen LogP contribution in [-0.2, 0) is 14.3 Å². The minimum atomic E-state index is -1.09. The monoisotopic (exact) mass is 767 g/mol. The third kappa shape index (κ3) is 8.89. The molecule has 2 N–H and O–H groups in total. The summed E-state index contributed by atoms with van der Waals surface area (Å²) in [7, 11) is 0. The van der Waals surface area contributed by atoms with Gasteiger partial charge >= 0.3 is 0 Å². The molecule has 7 atom stereocenters. The highest BCUT2D eigenvalue weighted by Gasteiger charge is 2.64. The van der Waals surface area contributed by atoms with Crippen LogP contribution in [0.25, 0.3) is 0 Å². The first-order chi connectivity index (χ1) is 27.1. The Morgan fingerprint density at radius 1 is 0.945 bits per heavy atom. The number of benzene rings is 3. The molecule has 3 aromatic rings. The molecule has 1 saturated heterocycles. The molecule has 2 aliphatic carbocycles. The van der Waals surface area contributed by atoms with E-state index in [0.29, 0.717) is 43.1 Å². The van der Waals surface area contributed by atoms with E-state index in [1.54, 1.807) is 30.0 Å². The number of allylic oxidation sites excluding steroid dienone is 1. The van der Waals surface area contributed by atoms with Crippen molar-refractivity contribution < 1.29 is 38.8 Å². The molecule has 7 rings (SSSR count). The fraction of sp³-hybridized carbons (Fsp3) is 0.467. The van der Waals surface area contributed by atoms with E-state index in [2.05, 4.69) is 30.9 Å². The van der Waals surface area contributed by atoms with Crippen molar-refractivity contribution in [3.63, 3.8) is 0 Å². The number of aliphatic hydroxyl groups excluding tert-OH is 2. The molecule has 3 aromatic carbocycles. The Morgan fingerprint density at radius 3 is 2.53 bits per heavy atom. The summed E-state index contributed by atoms with van der Waals surface area (Å²) < 4.78 is 26.7. The van der Waals surface area contributed by atoms with Gasteiger partial charge in [0.25, 0.3) is 0 Å². The molecule has 2 heterocycles. The largest absolute Gasteiger partial charge is 0.460 e. The van der Waals surface area contributed by atoms with Gasteiger partial charge in [-0.2, -0.15) is 0 Å². The Labute approximate surface area is 328 Å². The zero-order valence-electron chi connectivity index (χ0n) is 31.4. The van der Waals surface area contributed by atoms with Crippen molar-refractivity contribution in [3.8, 4) is 17.2 Å². The third-order valence-corrected chi connectivity index (χ3v) is 12.6. The van der Waals surface area contributed by atoms with E-state index in [1.807, 2.05) is 42.5 Å². The Morgan fingerprint density at radius 2 is 1.76 bits per heavy atom. The molecular weight excluding hydrogens is 715 g/mol. The van der Waals surface area contributed by atoms with Gasteiger partial charge in [0.15, 0.2) is 0 Å². The Bertz CT molecular complexity index is 1810. The molecule has 0 spiro atoms. The average molecular weight is 768 g/mol. The van der Waals surface area contributed by atoms with Gasteiger partial charge in [-0.25, -0.2) is 0 Å². The number of carbonyl (C=O) groups is 1. The third-order valence-electron chi connectivity index (χ3n) is 11.3. The zero-order valence-corrected chi connectivity index (χ0v) is 32.2. The van der Waals surface area contributed by atoms with Gasteiger partial charge < -0.3 is 34.0 Å². The number of hydrogen-bond acceptors (Lipinski definition) is 10. The maximum Gasteiger partial charge on any atom is 0.231 e. The first-order valence-corrected chi connectivity index (χ1v) is 20.8. The van der Waals surface area contributed by atoms with Crippen LogP contribution in [0.3, 0.4) is 0 Å². The van der Waals surface area contributed by atoms with Crippen molar-refractivity contribution in [1.82, 2.24) is 0 Å². The molecular formula is C45H53NO8S. The standard InChI is InChI=1S/C45H53NO8S/c1-2-24-51-45-41(55-35-16-4-3-5-17-35)29-39(46-54-42-19-8-11-25-50-42)37-27-32(14-6-9-22-47)36(18-7-10-23-48)43(44(37)45)38-28-34(20-21-40(38)53-45)52-33-15-12-13-31(26-33)30-49/h2-5,12-13,15-17,20-21,26-28,30,32,36,41-44,47-48H,1,6-11,14,18-19,22-25,29H2/t32-,36+,41-,42?,43+,44+,45+/m0/s1. The second-order valence-corrected chi connectivity index (χ2v) is 16.1. The quantitative estimate of drug-likeness (QED) is 0.0566.